The van der Waals surface area contributed by atoms with Gasteiger partial charge in [0.15, 0.2) is 5.60 Å². The molecule has 8 nitrogen and oxygen atoms in total. The van der Waals surface area contributed by atoms with Gasteiger partial charge in [0.2, 0.25) is 0 Å². The molecule has 0 aliphatic carbocycles. The number of cyclic esters (lactones) is 1. The number of carbonyl (C=O) groups excluding carboxylic acids is 3. The topological polar surface area (TPSA) is 108 Å². The summed E-state index contributed by atoms with van der Waals surface area (Å²) in [5.41, 5.74) is -0.783. The molecule has 6 atom stereocenters. The minimum Gasteiger partial charge on any atom is -0.459 e. The zero-order valence-electron chi connectivity index (χ0n) is 18.3. The van der Waals surface area contributed by atoms with Gasteiger partial charge in [-0.05, 0) is 32.4 Å². The van der Waals surface area contributed by atoms with Crippen molar-refractivity contribution in [3.8, 4) is 0 Å². The third-order valence-corrected chi connectivity index (χ3v) is 5.41. The summed E-state index contributed by atoms with van der Waals surface area (Å²) in [5, 5.41) is 9.87. The van der Waals surface area contributed by atoms with Gasteiger partial charge in [-0.2, -0.15) is 0 Å². The normalized spacial score (nSPS) is 32.5. The van der Waals surface area contributed by atoms with Crippen molar-refractivity contribution in [2.24, 2.45) is 5.92 Å². The number of aliphatic hydroxyl groups excluding tert-OH is 1. The van der Waals surface area contributed by atoms with E-state index >= 15 is 0 Å². The molecule has 0 aromatic rings. The van der Waals surface area contributed by atoms with E-state index in [2.05, 4.69) is 0 Å². The van der Waals surface area contributed by atoms with Gasteiger partial charge < -0.3 is 24.1 Å². The van der Waals surface area contributed by atoms with Gasteiger partial charge in [0.05, 0.1) is 12.2 Å². The first-order chi connectivity index (χ1) is 14.1. The van der Waals surface area contributed by atoms with Crippen molar-refractivity contribution in [2.45, 2.75) is 83.9 Å². The van der Waals surface area contributed by atoms with Crippen molar-refractivity contribution in [2.75, 3.05) is 6.61 Å². The summed E-state index contributed by atoms with van der Waals surface area (Å²) >= 11 is 0. The summed E-state index contributed by atoms with van der Waals surface area (Å²) in [6.07, 6.45) is 3.85. The highest BCUT2D eigenvalue weighted by Gasteiger charge is 2.56. The fourth-order valence-corrected chi connectivity index (χ4v) is 3.98. The van der Waals surface area contributed by atoms with Gasteiger partial charge in [-0.15, -0.1) is 0 Å². The summed E-state index contributed by atoms with van der Waals surface area (Å²) in [5.74, 6) is -2.01. The molecule has 2 heterocycles. The summed E-state index contributed by atoms with van der Waals surface area (Å²) in [6.45, 7) is 8.36. The fourth-order valence-electron chi connectivity index (χ4n) is 3.98. The molecular formula is C22H32O8. The Hall–Kier alpha value is -2.19. The van der Waals surface area contributed by atoms with Crippen LogP contribution in [0.3, 0.4) is 0 Å². The van der Waals surface area contributed by atoms with Crippen molar-refractivity contribution in [1.29, 1.82) is 0 Å². The fraction of sp³-hybridized carbons (Fsp3) is 0.682. The molecule has 2 aliphatic rings. The number of rotatable bonds is 7. The van der Waals surface area contributed by atoms with E-state index in [0.29, 0.717) is 12.0 Å². The van der Waals surface area contributed by atoms with E-state index in [9.17, 15) is 19.5 Å². The molecule has 2 rings (SSSR count). The van der Waals surface area contributed by atoms with Crippen LogP contribution in [0.15, 0.2) is 23.8 Å². The van der Waals surface area contributed by atoms with Crippen LogP contribution >= 0.6 is 0 Å². The highest BCUT2D eigenvalue weighted by Crippen LogP contribution is 2.40. The van der Waals surface area contributed by atoms with Gasteiger partial charge in [-0.1, -0.05) is 26.7 Å². The molecule has 168 valence electrons. The van der Waals surface area contributed by atoms with Gasteiger partial charge in [-0.25, -0.2) is 9.59 Å². The number of hydrogen-bond acceptors (Lipinski definition) is 8. The lowest BCUT2D eigenvalue weighted by Crippen LogP contribution is -2.64. The van der Waals surface area contributed by atoms with Crippen LogP contribution in [0.25, 0.3) is 0 Å². The smallest absolute Gasteiger partial charge is 0.333 e. The van der Waals surface area contributed by atoms with Crippen LogP contribution in [0.5, 0.6) is 0 Å². The van der Waals surface area contributed by atoms with Crippen molar-refractivity contribution in [3.05, 3.63) is 23.8 Å². The molecule has 1 fully saturated rings. The Morgan fingerprint density at radius 1 is 1.37 bits per heavy atom. The average molecular weight is 424 g/mol. The minimum absolute atomic E-state index is 0.0972. The highest BCUT2D eigenvalue weighted by molar-refractivity contribution is 5.89. The molecule has 0 amide bonds. The van der Waals surface area contributed by atoms with Crippen LogP contribution in [-0.4, -0.2) is 59.6 Å². The second kappa shape index (κ2) is 10.2. The van der Waals surface area contributed by atoms with Crippen LogP contribution in [0.1, 0.15) is 53.9 Å². The summed E-state index contributed by atoms with van der Waals surface area (Å²) < 4.78 is 22.5. The van der Waals surface area contributed by atoms with Crippen LogP contribution in [-0.2, 0) is 33.3 Å². The molecular weight excluding hydrogens is 392 g/mol. The first kappa shape index (κ1) is 24.1. The maximum absolute atomic E-state index is 12.3. The predicted molar refractivity (Wildman–Crippen MR) is 107 cm³/mol. The van der Waals surface area contributed by atoms with Crippen LogP contribution in [0, 0.1) is 5.92 Å². The van der Waals surface area contributed by atoms with Crippen molar-refractivity contribution < 1.29 is 38.4 Å². The number of ether oxygens (including phenoxy) is 4. The summed E-state index contributed by atoms with van der Waals surface area (Å²) in [4.78, 5) is 35.8. The highest BCUT2D eigenvalue weighted by atomic mass is 16.6. The monoisotopic (exact) mass is 424 g/mol. The van der Waals surface area contributed by atoms with E-state index in [-0.39, 0.29) is 6.61 Å². The van der Waals surface area contributed by atoms with Gasteiger partial charge in [0.1, 0.15) is 18.8 Å². The Kier molecular flexibility index (Phi) is 8.20. The zero-order valence-corrected chi connectivity index (χ0v) is 18.3. The van der Waals surface area contributed by atoms with E-state index in [0.717, 1.165) is 12.8 Å². The lowest BCUT2D eigenvalue weighted by atomic mass is 9.78. The number of hydrogen-bond donors (Lipinski definition) is 1. The third-order valence-electron chi connectivity index (χ3n) is 5.41. The molecule has 0 aromatic carbocycles. The lowest BCUT2D eigenvalue weighted by Gasteiger charge is -2.50. The van der Waals surface area contributed by atoms with E-state index in [1.54, 1.807) is 26.8 Å². The van der Waals surface area contributed by atoms with Crippen LogP contribution in [0.2, 0.25) is 0 Å². The molecule has 8 heteroatoms. The predicted octanol–water partition coefficient (Wildman–Crippen LogP) is 2.23. The molecule has 30 heavy (non-hydrogen) atoms. The number of aliphatic hydroxyl groups is 1. The molecule has 0 bridgehead atoms. The van der Waals surface area contributed by atoms with Crippen LogP contribution in [0.4, 0.5) is 0 Å². The molecule has 0 saturated carbocycles. The largest absolute Gasteiger partial charge is 0.459 e. The van der Waals surface area contributed by atoms with Gasteiger partial charge in [0, 0.05) is 24.5 Å². The Morgan fingerprint density at radius 3 is 2.67 bits per heavy atom. The minimum atomic E-state index is -1.14. The lowest BCUT2D eigenvalue weighted by molar-refractivity contribution is -0.252. The van der Waals surface area contributed by atoms with E-state index in [1.165, 1.54) is 19.1 Å². The number of unbranched alkanes of at least 4 members (excludes halogenated alkanes) is 1. The van der Waals surface area contributed by atoms with E-state index in [1.807, 2.05) is 6.92 Å². The second-order valence-electron chi connectivity index (χ2n) is 8.04. The maximum atomic E-state index is 12.3. The van der Waals surface area contributed by atoms with Crippen molar-refractivity contribution in [1.82, 2.24) is 0 Å². The van der Waals surface area contributed by atoms with E-state index < -0.39 is 53.8 Å². The van der Waals surface area contributed by atoms with Gasteiger partial charge >= 0.3 is 17.9 Å². The molecule has 1 N–H and O–H groups in total. The SMILES string of the molecule is CCCC[C@H](O)/C=C\C(=O)O[C@@H]1[C@@H](C)[C@H](OC(C)=O)[C@@]2(C=C(C)C(=O)OC2)O[C@H]1C. The quantitative estimate of drug-likeness (QED) is 0.377. The second-order valence-corrected chi connectivity index (χ2v) is 8.04. The average Bonchev–Trinajstić information content (AvgIpc) is 2.68. The van der Waals surface area contributed by atoms with E-state index in [4.69, 9.17) is 18.9 Å². The van der Waals surface area contributed by atoms with Crippen molar-refractivity contribution >= 4 is 17.9 Å². The zero-order chi connectivity index (χ0) is 22.5. The molecule has 2 aliphatic heterocycles. The Labute approximate surface area is 177 Å². The maximum Gasteiger partial charge on any atom is 0.333 e. The molecule has 0 radical (unpaired) electrons. The van der Waals surface area contributed by atoms with Gasteiger partial charge in [-0.3, -0.25) is 4.79 Å². The van der Waals surface area contributed by atoms with Crippen LogP contribution < -0.4 is 0 Å². The van der Waals surface area contributed by atoms with Gasteiger partial charge in [0.25, 0.3) is 0 Å². The number of carbonyl (C=O) groups is 3. The Balaban J connectivity index is 2.18. The first-order valence-electron chi connectivity index (χ1n) is 10.4. The summed E-state index contributed by atoms with van der Waals surface area (Å²) in [6, 6.07) is 0. The Morgan fingerprint density at radius 2 is 2.07 bits per heavy atom. The molecule has 1 saturated heterocycles. The number of esters is 3. The molecule has 0 unspecified atom stereocenters. The molecule has 0 aromatic heterocycles. The summed E-state index contributed by atoms with van der Waals surface area (Å²) in [7, 11) is 0. The molecule has 1 spiro atoms. The third kappa shape index (κ3) is 5.70. The first-order valence-corrected chi connectivity index (χ1v) is 10.4. The standard InChI is InChI=1S/C22H32O8/c1-6-7-8-17(24)9-10-18(25)29-19-14(3)20(28-16(5)23)22(30-15(19)4)11-13(2)21(26)27-12-22/h9-11,14-15,17,19-20,24H,6-8,12H2,1-5H3/b10-9-/t14-,15+,17+,19-,20+,22+/m1/s1. The van der Waals surface area contributed by atoms with Crippen molar-refractivity contribution in [3.63, 3.8) is 0 Å². The Bertz CT molecular complexity index is 712.